The summed E-state index contributed by atoms with van der Waals surface area (Å²) < 4.78 is 30.3. The number of aromatic nitrogens is 2. The predicted molar refractivity (Wildman–Crippen MR) is 129 cm³/mol. The van der Waals surface area contributed by atoms with Crippen LogP contribution in [0.3, 0.4) is 0 Å². The fourth-order valence-electron chi connectivity index (χ4n) is 4.88. The maximum Gasteiger partial charge on any atom is 0.243 e. The molecule has 0 bridgehead atoms. The van der Waals surface area contributed by atoms with Gasteiger partial charge in [0.2, 0.25) is 5.91 Å². The van der Waals surface area contributed by atoms with Crippen molar-refractivity contribution < 1.29 is 13.6 Å². The summed E-state index contributed by atoms with van der Waals surface area (Å²) in [6.07, 6.45) is 3.82. The predicted octanol–water partition coefficient (Wildman–Crippen LogP) is 6.68. The van der Waals surface area contributed by atoms with Gasteiger partial charge in [-0.15, -0.1) is 0 Å². The topological polar surface area (TPSA) is 46.9 Å². The van der Waals surface area contributed by atoms with Crippen LogP contribution in [0.4, 0.5) is 8.78 Å². The van der Waals surface area contributed by atoms with Crippen LogP contribution >= 0.6 is 11.6 Å². The number of nitrogens with one attached hydrogen (secondary N) is 1. The van der Waals surface area contributed by atoms with Gasteiger partial charge in [0.15, 0.2) is 11.6 Å². The van der Waals surface area contributed by atoms with Crippen LogP contribution in [0.1, 0.15) is 37.3 Å². The monoisotopic (exact) mass is 479 g/mol. The molecule has 1 heterocycles. The van der Waals surface area contributed by atoms with E-state index in [0.717, 1.165) is 48.9 Å². The third-order valence-electron chi connectivity index (χ3n) is 6.54. The van der Waals surface area contributed by atoms with E-state index in [1.165, 1.54) is 0 Å². The van der Waals surface area contributed by atoms with Crippen LogP contribution in [0, 0.1) is 17.6 Å². The number of hydrogen-bond acceptors (Lipinski definition) is 2. The molecule has 7 heteroatoms. The van der Waals surface area contributed by atoms with E-state index in [9.17, 15) is 13.6 Å². The number of amides is 1. The molecule has 174 valence electrons. The van der Waals surface area contributed by atoms with Crippen molar-refractivity contribution in [3.05, 3.63) is 89.0 Å². The lowest BCUT2D eigenvalue weighted by Crippen LogP contribution is -2.36. The van der Waals surface area contributed by atoms with E-state index < -0.39 is 17.7 Å². The molecule has 0 radical (unpaired) electrons. The quantitative estimate of drug-likeness (QED) is 0.335. The largest absolute Gasteiger partial charge is 0.350 e. The Hall–Kier alpha value is -3.25. The molecule has 4 aromatic rings. The number of carbonyl (C=O) groups excluding carboxylic acids is 1. The zero-order valence-corrected chi connectivity index (χ0v) is 19.2. The Balaban J connectivity index is 1.63. The van der Waals surface area contributed by atoms with Crippen molar-refractivity contribution in [2.24, 2.45) is 5.92 Å². The average Bonchev–Trinajstić information content (AvgIpc) is 3.49. The van der Waals surface area contributed by atoms with Gasteiger partial charge in [-0.25, -0.2) is 13.8 Å². The van der Waals surface area contributed by atoms with Crippen LogP contribution in [0.15, 0.2) is 66.7 Å². The standard InChI is InChI=1S/C27H24ClF2N3O/c28-20-12-10-19(11-13-20)26-32-23-14-21(29)22(30)15-24(23)33(26)25(18-8-4-5-9-18)27(34)31-16-17-6-2-1-3-7-17/h1-3,6-7,10-15,18,25H,4-5,8-9,16H2,(H,31,34). The maximum atomic E-state index is 14.4. The summed E-state index contributed by atoms with van der Waals surface area (Å²) in [4.78, 5) is 18.3. The highest BCUT2D eigenvalue weighted by atomic mass is 35.5. The van der Waals surface area contributed by atoms with Gasteiger partial charge < -0.3 is 9.88 Å². The first-order valence-corrected chi connectivity index (χ1v) is 11.8. The molecule has 0 aliphatic heterocycles. The fraction of sp³-hybridized carbons (Fsp3) is 0.259. The molecule has 4 nitrogen and oxygen atoms in total. The number of hydrogen-bond donors (Lipinski definition) is 1. The van der Waals surface area contributed by atoms with Crippen LogP contribution in [-0.2, 0) is 11.3 Å². The minimum absolute atomic E-state index is 0.0623. The van der Waals surface area contributed by atoms with Gasteiger partial charge in [-0.1, -0.05) is 54.8 Å². The smallest absolute Gasteiger partial charge is 0.243 e. The summed E-state index contributed by atoms with van der Waals surface area (Å²) in [6.45, 7) is 0.384. The van der Waals surface area contributed by atoms with Gasteiger partial charge in [-0.2, -0.15) is 0 Å². The number of rotatable bonds is 6. The van der Waals surface area contributed by atoms with Crippen LogP contribution in [0.25, 0.3) is 22.4 Å². The van der Waals surface area contributed by atoms with E-state index in [2.05, 4.69) is 10.3 Å². The second-order valence-electron chi connectivity index (χ2n) is 8.76. The molecule has 1 fully saturated rings. The number of benzene rings is 3. The number of imidazole rings is 1. The molecule has 1 aliphatic rings. The van der Waals surface area contributed by atoms with E-state index in [1.807, 2.05) is 30.3 Å². The summed E-state index contributed by atoms with van der Waals surface area (Å²) in [5, 5.41) is 3.63. The first kappa shape index (κ1) is 22.5. The van der Waals surface area contributed by atoms with Gasteiger partial charge >= 0.3 is 0 Å². The zero-order valence-electron chi connectivity index (χ0n) is 18.5. The highest BCUT2D eigenvalue weighted by Gasteiger charge is 2.35. The van der Waals surface area contributed by atoms with Crippen molar-refractivity contribution >= 4 is 28.5 Å². The Labute approximate surface area is 201 Å². The zero-order chi connectivity index (χ0) is 23.7. The highest BCUT2D eigenvalue weighted by Crippen LogP contribution is 2.39. The van der Waals surface area contributed by atoms with E-state index >= 15 is 0 Å². The Morgan fingerprint density at radius 2 is 1.71 bits per heavy atom. The normalized spacial score (nSPS) is 15.0. The Bertz CT molecular complexity index is 1320. The summed E-state index contributed by atoms with van der Waals surface area (Å²) in [6, 6.07) is 18.4. The highest BCUT2D eigenvalue weighted by molar-refractivity contribution is 6.30. The Morgan fingerprint density at radius 3 is 2.41 bits per heavy atom. The molecule has 5 rings (SSSR count). The van der Waals surface area contributed by atoms with Gasteiger partial charge in [0.1, 0.15) is 11.9 Å². The van der Waals surface area contributed by atoms with Crippen LogP contribution in [-0.4, -0.2) is 15.5 Å². The first-order valence-electron chi connectivity index (χ1n) is 11.5. The Morgan fingerprint density at radius 1 is 1.03 bits per heavy atom. The second kappa shape index (κ2) is 9.55. The summed E-state index contributed by atoms with van der Waals surface area (Å²) in [5.74, 6) is -1.54. The molecule has 1 atom stereocenters. The van der Waals surface area contributed by atoms with Gasteiger partial charge in [0.05, 0.1) is 11.0 Å². The molecule has 1 aliphatic carbocycles. The van der Waals surface area contributed by atoms with Gasteiger partial charge in [0, 0.05) is 29.3 Å². The van der Waals surface area contributed by atoms with Crippen molar-refractivity contribution in [1.29, 1.82) is 0 Å². The third-order valence-corrected chi connectivity index (χ3v) is 6.79. The SMILES string of the molecule is O=C(NCc1ccccc1)C(C1CCCC1)n1c(-c2ccc(Cl)cc2)nc2cc(F)c(F)cc21. The molecule has 1 unspecified atom stereocenters. The van der Waals surface area contributed by atoms with Crippen molar-refractivity contribution in [3.8, 4) is 11.4 Å². The van der Waals surface area contributed by atoms with Crippen LogP contribution in [0.2, 0.25) is 5.02 Å². The van der Waals surface area contributed by atoms with Crippen LogP contribution in [0.5, 0.6) is 0 Å². The molecule has 1 aromatic heterocycles. The third kappa shape index (κ3) is 4.42. The lowest BCUT2D eigenvalue weighted by molar-refractivity contribution is -0.125. The number of nitrogens with zero attached hydrogens (tertiary/aromatic N) is 2. The number of carbonyl (C=O) groups is 1. The van der Waals surface area contributed by atoms with Crippen molar-refractivity contribution in [2.45, 2.75) is 38.3 Å². The van der Waals surface area contributed by atoms with E-state index in [0.29, 0.717) is 28.4 Å². The molecular weight excluding hydrogens is 456 g/mol. The number of halogens is 3. The van der Waals surface area contributed by atoms with Crippen LogP contribution < -0.4 is 5.32 Å². The second-order valence-corrected chi connectivity index (χ2v) is 9.20. The summed E-state index contributed by atoms with van der Waals surface area (Å²) >= 11 is 6.08. The molecule has 34 heavy (non-hydrogen) atoms. The van der Waals surface area contributed by atoms with Gasteiger partial charge in [-0.3, -0.25) is 4.79 Å². The maximum absolute atomic E-state index is 14.4. The molecule has 1 N–H and O–H groups in total. The van der Waals surface area contributed by atoms with Gasteiger partial charge in [-0.05, 0) is 48.6 Å². The summed E-state index contributed by atoms with van der Waals surface area (Å²) in [5.41, 5.74) is 2.42. The lowest BCUT2D eigenvalue weighted by Gasteiger charge is -2.27. The minimum Gasteiger partial charge on any atom is -0.350 e. The van der Waals surface area contributed by atoms with Crippen molar-refractivity contribution in [2.75, 3.05) is 0 Å². The minimum atomic E-state index is -0.967. The molecule has 0 spiro atoms. The van der Waals surface area contributed by atoms with Crippen molar-refractivity contribution in [1.82, 2.24) is 14.9 Å². The van der Waals surface area contributed by atoms with E-state index in [1.54, 1.807) is 28.8 Å². The van der Waals surface area contributed by atoms with E-state index in [-0.39, 0.29) is 11.8 Å². The molecule has 1 saturated carbocycles. The number of fused-ring (bicyclic) bond motifs is 1. The van der Waals surface area contributed by atoms with E-state index in [4.69, 9.17) is 11.6 Å². The fourth-order valence-corrected chi connectivity index (χ4v) is 5.01. The average molecular weight is 480 g/mol. The summed E-state index contributed by atoms with van der Waals surface area (Å²) in [7, 11) is 0. The molecule has 3 aromatic carbocycles. The van der Waals surface area contributed by atoms with Gasteiger partial charge in [0.25, 0.3) is 0 Å². The lowest BCUT2D eigenvalue weighted by atomic mass is 9.96. The molecule has 0 saturated heterocycles. The van der Waals surface area contributed by atoms with Crippen molar-refractivity contribution in [3.63, 3.8) is 0 Å². The first-order chi connectivity index (χ1) is 16.5. The molecule has 1 amide bonds. The molecular formula is C27H24ClF2N3O. The Kier molecular flexibility index (Phi) is 6.33.